The van der Waals surface area contributed by atoms with Gasteiger partial charge in [0.15, 0.2) is 5.01 Å². The lowest BCUT2D eigenvalue weighted by atomic mass is 9.93. The van der Waals surface area contributed by atoms with Gasteiger partial charge in [0.05, 0.1) is 5.60 Å². The van der Waals surface area contributed by atoms with E-state index in [1.54, 1.807) is 6.20 Å². The Kier molecular flexibility index (Phi) is 4.64. The quantitative estimate of drug-likeness (QED) is 0.727. The number of nitrogens with one attached hydrogen (secondary N) is 1. The molecule has 2 N–H and O–H groups in total. The number of hydrogen-bond donors (Lipinski definition) is 2. The summed E-state index contributed by atoms with van der Waals surface area (Å²) in [6.45, 7) is 2.43. The normalized spacial score (nSPS) is 13.5. The molecule has 3 rings (SSSR count). The van der Waals surface area contributed by atoms with Gasteiger partial charge < -0.3 is 10.4 Å². The Labute approximate surface area is 139 Å². The van der Waals surface area contributed by atoms with E-state index in [2.05, 4.69) is 20.5 Å². The van der Waals surface area contributed by atoms with Crippen LogP contribution in [0.25, 0.3) is 10.7 Å². The third kappa shape index (κ3) is 3.91. The van der Waals surface area contributed by atoms with Gasteiger partial charge >= 0.3 is 0 Å². The lowest BCUT2D eigenvalue weighted by Gasteiger charge is -2.23. The highest BCUT2D eigenvalue weighted by Gasteiger charge is 2.22. The van der Waals surface area contributed by atoms with Gasteiger partial charge in [-0.25, -0.2) is 0 Å². The smallest absolute Gasteiger partial charge is 0.206 e. The molecule has 5 nitrogen and oxygen atoms in total. The van der Waals surface area contributed by atoms with Crippen LogP contribution in [-0.2, 0) is 5.60 Å². The van der Waals surface area contributed by atoms with E-state index in [-0.39, 0.29) is 0 Å². The summed E-state index contributed by atoms with van der Waals surface area (Å²) in [4.78, 5) is 4.26. The fourth-order valence-electron chi connectivity index (χ4n) is 2.24. The van der Waals surface area contributed by atoms with Crippen LogP contribution in [0.4, 0.5) is 5.13 Å². The van der Waals surface area contributed by atoms with Crippen LogP contribution < -0.4 is 5.32 Å². The molecule has 0 bridgehead atoms. The number of rotatable bonds is 6. The molecule has 3 aromatic rings. The average Bonchev–Trinajstić information content (AvgIpc) is 3.05. The minimum absolute atomic E-state index is 0.579. The predicted molar refractivity (Wildman–Crippen MR) is 92.3 cm³/mol. The number of aliphatic hydroxyl groups is 1. The Balaban J connectivity index is 1.58. The summed E-state index contributed by atoms with van der Waals surface area (Å²) in [5.74, 6) is 0. The molecule has 0 aliphatic carbocycles. The minimum Gasteiger partial charge on any atom is -0.385 e. The maximum absolute atomic E-state index is 10.6. The van der Waals surface area contributed by atoms with Gasteiger partial charge in [-0.1, -0.05) is 47.7 Å². The maximum atomic E-state index is 10.6. The second-order valence-electron chi connectivity index (χ2n) is 5.44. The molecule has 1 aromatic carbocycles. The highest BCUT2D eigenvalue weighted by Crippen LogP contribution is 2.26. The van der Waals surface area contributed by atoms with E-state index in [4.69, 9.17) is 0 Å². The number of aromatic nitrogens is 3. The van der Waals surface area contributed by atoms with E-state index >= 15 is 0 Å². The summed E-state index contributed by atoms with van der Waals surface area (Å²) in [6, 6.07) is 15.4. The first-order valence-corrected chi connectivity index (χ1v) is 8.23. The summed E-state index contributed by atoms with van der Waals surface area (Å²) in [5, 5.41) is 23.6. The zero-order valence-electron chi connectivity index (χ0n) is 12.8. The number of benzene rings is 1. The monoisotopic (exact) mass is 326 g/mol. The fraction of sp³-hybridized carbons (Fsp3) is 0.235. The predicted octanol–water partition coefficient (Wildman–Crippen LogP) is 3.31. The highest BCUT2D eigenvalue weighted by atomic mass is 32.1. The Morgan fingerprint density at radius 3 is 2.61 bits per heavy atom. The number of hydrogen-bond acceptors (Lipinski definition) is 6. The lowest BCUT2D eigenvalue weighted by molar-refractivity contribution is 0.0515. The standard InChI is InChI=1S/C17H18N4OS/c1-17(22,13-7-3-2-4-8-13)10-12-19-16-21-20-15(23-16)14-9-5-6-11-18-14/h2-9,11,22H,10,12H2,1H3,(H,19,21). The van der Waals surface area contributed by atoms with Crippen molar-refractivity contribution in [3.8, 4) is 10.7 Å². The van der Waals surface area contributed by atoms with E-state index in [0.29, 0.717) is 13.0 Å². The molecule has 23 heavy (non-hydrogen) atoms. The van der Waals surface area contributed by atoms with E-state index in [1.165, 1.54) is 11.3 Å². The van der Waals surface area contributed by atoms with Gasteiger partial charge in [-0.3, -0.25) is 4.98 Å². The molecule has 1 atom stereocenters. The molecule has 0 spiro atoms. The maximum Gasteiger partial charge on any atom is 0.206 e. The van der Waals surface area contributed by atoms with Gasteiger partial charge in [-0.2, -0.15) is 0 Å². The van der Waals surface area contributed by atoms with Gasteiger partial charge in [0, 0.05) is 12.7 Å². The zero-order chi connectivity index (χ0) is 16.1. The van der Waals surface area contributed by atoms with Crippen molar-refractivity contribution in [1.29, 1.82) is 0 Å². The van der Waals surface area contributed by atoms with Crippen molar-refractivity contribution in [2.75, 3.05) is 11.9 Å². The van der Waals surface area contributed by atoms with E-state index in [1.807, 2.05) is 55.5 Å². The van der Waals surface area contributed by atoms with Gasteiger partial charge in [-0.05, 0) is 31.0 Å². The van der Waals surface area contributed by atoms with Crippen molar-refractivity contribution in [2.45, 2.75) is 18.9 Å². The van der Waals surface area contributed by atoms with Crippen LogP contribution in [-0.4, -0.2) is 26.8 Å². The molecule has 0 aliphatic heterocycles. The van der Waals surface area contributed by atoms with Crippen molar-refractivity contribution in [3.63, 3.8) is 0 Å². The molecule has 0 aliphatic rings. The fourth-order valence-corrected chi connectivity index (χ4v) is 2.99. The van der Waals surface area contributed by atoms with Crippen molar-refractivity contribution < 1.29 is 5.11 Å². The highest BCUT2D eigenvalue weighted by molar-refractivity contribution is 7.18. The van der Waals surface area contributed by atoms with Crippen LogP contribution in [0.3, 0.4) is 0 Å². The Morgan fingerprint density at radius 2 is 1.87 bits per heavy atom. The Hall–Kier alpha value is -2.31. The zero-order valence-corrected chi connectivity index (χ0v) is 13.6. The van der Waals surface area contributed by atoms with Crippen molar-refractivity contribution in [2.24, 2.45) is 0 Å². The molecular formula is C17H18N4OS. The summed E-state index contributed by atoms with van der Waals surface area (Å²) in [5.41, 5.74) is 0.852. The number of nitrogens with zero attached hydrogens (tertiary/aromatic N) is 3. The van der Waals surface area contributed by atoms with Gasteiger partial charge in [0.1, 0.15) is 5.69 Å². The minimum atomic E-state index is -0.872. The van der Waals surface area contributed by atoms with Crippen molar-refractivity contribution in [3.05, 3.63) is 60.3 Å². The second kappa shape index (κ2) is 6.85. The first kappa shape index (κ1) is 15.6. The third-order valence-corrected chi connectivity index (χ3v) is 4.50. The molecule has 6 heteroatoms. The molecule has 2 heterocycles. The Bertz CT molecular complexity index is 744. The van der Waals surface area contributed by atoms with Crippen LogP contribution in [0.5, 0.6) is 0 Å². The van der Waals surface area contributed by atoms with Gasteiger partial charge in [0.2, 0.25) is 5.13 Å². The molecule has 0 saturated heterocycles. The SMILES string of the molecule is CC(O)(CCNc1nnc(-c2ccccn2)s1)c1ccccc1. The first-order chi connectivity index (χ1) is 11.1. The van der Waals surface area contributed by atoms with Crippen LogP contribution in [0.1, 0.15) is 18.9 Å². The lowest BCUT2D eigenvalue weighted by Crippen LogP contribution is -2.24. The molecule has 1 unspecified atom stereocenters. The molecule has 118 valence electrons. The van der Waals surface area contributed by atoms with Crippen LogP contribution in [0.2, 0.25) is 0 Å². The van der Waals surface area contributed by atoms with Gasteiger partial charge in [-0.15, -0.1) is 10.2 Å². The summed E-state index contributed by atoms with van der Waals surface area (Å²) >= 11 is 1.45. The van der Waals surface area contributed by atoms with Crippen LogP contribution >= 0.6 is 11.3 Å². The van der Waals surface area contributed by atoms with Crippen LogP contribution in [0.15, 0.2) is 54.7 Å². The van der Waals surface area contributed by atoms with Crippen molar-refractivity contribution in [1.82, 2.24) is 15.2 Å². The van der Waals surface area contributed by atoms with E-state index in [0.717, 1.165) is 21.4 Å². The molecule has 0 saturated carbocycles. The second-order valence-corrected chi connectivity index (χ2v) is 6.42. The number of anilines is 1. The summed E-state index contributed by atoms with van der Waals surface area (Å²) < 4.78 is 0. The molecule has 2 aromatic heterocycles. The largest absolute Gasteiger partial charge is 0.385 e. The molecule has 0 fully saturated rings. The third-order valence-electron chi connectivity index (χ3n) is 3.59. The summed E-state index contributed by atoms with van der Waals surface area (Å²) in [6.07, 6.45) is 2.32. The topological polar surface area (TPSA) is 70.9 Å². The van der Waals surface area contributed by atoms with Gasteiger partial charge in [0.25, 0.3) is 0 Å². The Morgan fingerprint density at radius 1 is 1.09 bits per heavy atom. The molecular weight excluding hydrogens is 308 g/mol. The number of pyridine rings is 1. The first-order valence-electron chi connectivity index (χ1n) is 7.42. The molecule has 0 amide bonds. The van der Waals surface area contributed by atoms with Crippen LogP contribution in [0, 0.1) is 0 Å². The average molecular weight is 326 g/mol. The molecule has 0 radical (unpaired) electrons. The summed E-state index contributed by atoms with van der Waals surface area (Å²) in [7, 11) is 0. The van der Waals surface area contributed by atoms with E-state index < -0.39 is 5.60 Å². The van der Waals surface area contributed by atoms with Crippen molar-refractivity contribution >= 4 is 16.5 Å². The van der Waals surface area contributed by atoms with E-state index in [9.17, 15) is 5.11 Å².